The first kappa shape index (κ1) is 21.4. The largest absolute Gasteiger partial charge is 0.472 e. The minimum atomic E-state index is -0.109. The Balaban J connectivity index is 1.68. The van der Waals surface area contributed by atoms with Crippen molar-refractivity contribution in [1.82, 2.24) is 0 Å². The van der Waals surface area contributed by atoms with Gasteiger partial charge in [0, 0.05) is 5.41 Å². The van der Waals surface area contributed by atoms with E-state index in [0.717, 1.165) is 12.2 Å². The highest BCUT2D eigenvalue weighted by molar-refractivity contribution is 8.19. The van der Waals surface area contributed by atoms with Gasteiger partial charge >= 0.3 is 0 Å². The first-order valence-electron chi connectivity index (χ1n) is 10.4. The Morgan fingerprint density at radius 2 is 1.75 bits per heavy atom. The summed E-state index contributed by atoms with van der Waals surface area (Å²) < 4.78 is 11.4. The molecular formula is C25H38O2S. The monoisotopic (exact) mass is 402 g/mol. The molecule has 2 aromatic rings. The van der Waals surface area contributed by atoms with Crippen LogP contribution in [0.5, 0.6) is 0 Å². The third kappa shape index (κ3) is 4.30. The molecule has 2 nitrogen and oxygen atoms in total. The lowest BCUT2D eigenvalue weighted by Crippen LogP contribution is -2.33. The highest BCUT2D eigenvalue weighted by atomic mass is 32.2. The first-order chi connectivity index (χ1) is 12.8. The summed E-state index contributed by atoms with van der Waals surface area (Å²) in [6, 6.07) is 4.34. The lowest BCUT2D eigenvalue weighted by molar-refractivity contribution is 0.201. The molecule has 0 radical (unpaired) electrons. The van der Waals surface area contributed by atoms with Gasteiger partial charge in [0.1, 0.15) is 5.76 Å². The van der Waals surface area contributed by atoms with E-state index in [0.29, 0.717) is 10.8 Å². The van der Waals surface area contributed by atoms with Crippen LogP contribution in [0.1, 0.15) is 72.3 Å². The molecule has 0 aliphatic carbocycles. The zero-order chi connectivity index (χ0) is 20.8. The van der Waals surface area contributed by atoms with Gasteiger partial charge in [0.25, 0.3) is 0 Å². The van der Waals surface area contributed by atoms with Crippen LogP contribution in [0, 0.1) is 10.8 Å². The van der Waals surface area contributed by atoms with Crippen molar-refractivity contribution in [2.24, 2.45) is 10.8 Å². The molecule has 0 bridgehead atoms. The van der Waals surface area contributed by atoms with Crippen molar-refractivity contribution >= 4 is 10.9 Å². The van der Waals surface area contributed by atoms with E-state index in [2.05, 4.69) is 79.0 Å². The molecule has 0 saturated heterocycles. The van der Waals surface area contributed by atoms with Gasteiger partial charge in [0.15, 0.2) is 0 Å². The topological polar surface area (TPSA) is 26.3 Å². The summed E-state index contributed by atoms with van der Waals surface area (Å²) in [5.74, 6) is 3.59. The molecule has 1 aliphatic heterocycles. The van der Waals surface area contributed by atoms with Crippen LogP contribution in [-0.4, -0.2) is 11.5 Å². The number of hydrogen-bond donors (Lipinski definition) is 1. The Kier molecular flexibility index (Phi) is 5.46. The Bertz CT molecular complexity index is 817. The van der Waals surface area contributed by atoms with Gasteiger partial charge in [-0.1, -0.05) is 66.9 Å². The molecule has 2 unspecified atom stereocenters. The third-order valence-electron chi connectivity index (χ3n) is 6.77. The van der Waals surface area contributed by atoms with Crippen molar-refractivity contribution in [3.8, 4) is 0 Å². The van der Waals surface area contributed by atoms with Crippen molar-refractivity contribution < 1.29 is 8.83 Å². The van der Waals surface area contributed by atoms with Gasteiger partial charge in [0.2, 0.25) is 0 Å². The van der Waals surface area contributed by atoms with Gasteiger partial charge in [-0.05, 0) is 57.4 Å². The third-order valence-corrected chi connectivity index (χ3v) is 9.60. The van der Waals surface area contributed by atoms with E-state index in [9.17, 15) is 0 Å². The Labute approximate surface area is 174 Å². The normalized spacial score (nSPS) is 24.8. The van der Waals surface area contributed by atoms with Crippen molar-refractivity contribution in [1.29, 1.82) is 0 Å². The van der Waals surface area contributed by atoms with Crippen LogP contribution in [-0.2, 0) is 17.3 Å². The molecular weight excluding hydrogens is 364 g/mol. The molecule has 2 aromatic heterocycles. The van der Waals surface area contributed by atoms with Gasteiger partial charge in [0.05, 0.1) is 18.8 Å². The van der Waals surface area contributed by atoms with Gasteiger partial charge < -0.3 is 8.83 Å². The summed E-state index contributed by atoms with van der Waals surface area (Å²) in [7, 11) is -0.109. The van der Waals surface area contributed by atoms with Crippen molar-refractivity contribution in [3.63, 3.8) is 0 Å². The van der Waals surface area contributed by atoms with E-state index < -0.39 is 0 Å². The quantitative estimate of drug-likeness (QED) is 0.515. The summed E-state index contributed by atoms with van der Waals surface area (Å²) in [6.45, 7) is 18.7. The van der Waals surface area contributed by atoms with E-state index in [1.54, 1.807) is 6.26 Å². The number of rotatable bonds is 6. The second-order valence-corrected chi connectivity index (χ2v) is 13.3. The second-order valence-electron chi connectivity index (χ2n) is 11.2. The zero-order valence-electron chi connectivity index (χ0n) is 18.9. The SMILES string of the molecule is CC(C)(Cc1coc(C(C)(C)C[SH]2C=CC(C)(C(C)(C)C)C2)c1)c1ccoc1. The number of furan rings is 2. The van der Waals surface area contributed by atoms with Crippen LogP contribution in [0.15, 0.2) is 51.2 Å². The molecule has 0 spiro atoms. The summed E-state index contributed by atoms with van der Waals surface area (Å²) in [6.07, 6.45) is 8.99. The molecule has 0 aromatic carbocycles. The molecule has 0 N–H and O–H groups in total. The second kappa shape index (κ2) is 7.16. The van der Waals surface area contributed by atoms with Gasteiger partial charge in [-0.3, -0.25) is 0 Å². The molecule has 3 rings (SSSR count). The molecule has 28 heavy (non-hydrogen) atoms. The Hall–Kier alpha value is -1.35. The molecule has 3 heteroatoms. The van der Waals surface area contributed by atoms with Crippen LogP contribution >= 0.6 is 10.9 Å². The zero-order valence-corrected chi connectivity index (χ0v) is 19.8. The van der Waals surface area contributed by atoms with E-state index in [-0.39, 0.29) is 21.7 Å². The Morgan fingerprint density at radius 3 is 2.32 bits per heavy atom. The Morgan fingerprint density at radius 1 is 1.04 bits per heavy atom. The predicted molar refractivity (Wildman–Crippen MR) is 123 cm³/mol. The maximum atomic E-state index is 6.09. The fourth-order valence-corrected chi connectivity index (χ4v) is 7.52. The van der Waals surface area contributed by atoms with Gasteiger partial charge in [-0.15, -0.1) is 0 Å². The molecule has 3 heterocycles. The molecule has 2 atom stereocenters. The predicted octanol–water partition coefficient (Wildman–Crippen LogP) is 7.25. The van der Waals surface area contributed by atoms with Crippen LogP contribution < -0.4 is 0 Å². The minimum absolute atomic E-state index is 0.0328. The standard InChI is InChI=1S/C25H38O2S/c1-22(2,3)25(8)10-12-28(18-25)17-24(6,7)21-13-19(15-27-21)14-23(4,5)20-9-11-26-16-20/h9-13,15-16,28H,14,17-18H2,1-8H3. The molecule has 0 amide bonds. The summed E-state index contributed by atoms with van der Waals surface area (Å²) in [5.41, 5.74) is 3.19. The van der Waals surface area contributed by atoms with E-state index >= 15 is 0 Å². The van der Waals surface area contributed by atoms with Gasteiger partial charge in [-0.25, -0.2) is 10.9 Å². The first-order valence-corrected chi connectivity index (χ1v) is 12.1. The van der Waals surface area contributed by atoms with E-state index in [4.69, 9.17) is 8.83 Å². The minimum Gasteiger partial charge on any atom is -0.472 e. The van der Waals surface area contributed by atoms with Crippen LogP contribution in [0.2, 0.25) is 0 Å². The highest BCUT2D eigenvalue weighted by Gasteiger charge is 2.40. The number of allylic oxidation sites excluding steroid dienone is 1. The smallest absolute Gasteiger partial charge is 0.110 e. The molecule has 156 valence electrons. The molecule has 1 aliphatic rings. The van der Waals surface area contributed by atoms with Gasteiger partial charge in [-0.2, -0.15) is 0 Å². The lowest BCUT2D eigenvalue weighted by Gasteiger charge is -2.39. The maximum Gasteiger partial charge on any atom is 0.110 e. The van der Waals surface area contributed by atoms with Crippen LogP contribution in [0.4, 0.5) is 0 Å². The summed E-state index contributed by atoms with van der Waals surface area (Å²) in [4.78, 5) is 0. The number of thiol groups is 1. The van der Waals surface area contributed by atoms with Crippen molar-refractivity contribution in [2.75, 3.05) is 11.5 Å². The summed E-state index contributed by atoms with van der Waals surface area (Å²) >= 11 is 0. The van der Waals surface area contributed by atoms with E-state index in [1.165, 1.54) is 22.6 Å². The highest BCUT2D eigenvalue weighted by Crippen LogP contribution is 2.54. The fraction of sp³-hybridized carbons (Fsp3) is 0.600. The average Bonchev–Trinajstić information content (AvgIpc) is 3.27. The fourth-order valence-electron chi connectivity index (χ4n) is 4.06. The number of hydrogen-bond acceptors (Lipinski definition) is 2. The van der Waals surface area contributed by atoms with Crippen molar-refractivity contribution in [2.45, 2.75) is 72.6 Å². The average molecular weight is 403 g/mol. The maximum absolute atomic E-state index is 6.09. The summed E-state index contributed by atoms with van der Waals surface area (Å²) in [5, 5.41) is 2.51. The lowest BCUT2D eigenvalue weighted by atomic mass is 9.69. The van der Waals surface area contributed by atoms with Crippen LogP contribution in [0.25, 0.3) is 0 Å². The molecule has 0 fully saturated rings. The van der Waals surface area contributed by atoms with Crippen molar-refractivity contribution in [3.05, 3.63) is 59.3 Å². The van der Waals surface area contributed by atoms with Crippen LogP contribution in [0.3, 0.4) is 0 Å². The van der Waals surface area contributed by atoms with E-state index in [1.807, 2.05) is 12.5 Å². The molecule has 0 saturated carbocycles.